The number of hydrogen-bond acceptors (Lipinski definition) is 0. The first kappa shape index (κ1) is 23.9. The fraction of sp³-hybridized carbons (Fsp3) is 0. The highest BCUT2D eigenvalue weighted by molar-refractivity contribution is 7.20. The molecule has 0 saturated heterocycles. The highest BCUT2D eigenvalue weighted by Gasteiger charge is 2.42. The molecule has 0 nitrogen and oxygen atoms in total. The van der Waals surface area contributed by atoms with Gasteiger partial charge in [-0.05, 0) is 63.8 Å². The summed E-state index contributed by atoms with van der Waals surface area (Å²) in [7, 11) is -2.77. The van der Waals surface area contributed by atoms with Gasteiger partial charge < -0.3 is 0 Å². The van der Waals surface area contributed by atoms with Gasteiger partial charge in [-0.3, -0.25) is 0 Å². The highest BCUT2D eigenvalue weighted by atomic mass is 28.3. The van der Waals surface area contributed by atoms with Gasteiger partial charge in [-0.2, -0.15) is 0 Å². The molecule has 0 spiro atoms. The Morgan fingerprint density at radius 3 is 0.683 bits per heavy atom. The van der Waals surface area contributed by atoms with Gasteiger partial charge in [0.2, 0.25) is 0 Å². The van der Waals surface area contributed by atoms with Crippen molar-refractivity contribution in [2.24, 2.45) is 0 Å². The molecule has 0 aliphatic carbocycles. The van der Waals surface area contributed by atoms with Gasteiger partial charge in [-0.25, -0.2) is 0 Å². The summed E-state index contributed by atoms with van der Waals surface area (Å²) in [4.78, 5) is 0. The third-order valence-electron chi connectivity index (χ3n) is 8.73. The average Bonchev–Trinajstić information content (AvgIpc) is 3.05. The van der Waals surface area contributed by atoms with Crippen molar-refractivity contribution in [1.82, 2.24) is 0 Å². The van der Waals surface area contributed by atoms with Gasteiger partial charge in [-0.15, -0.1) is 0 Å². The molecule has 0 fully saturated rings. The first-order valence-corrected chi connectivity index (χ1v) is 16.3. The van der Waals surface area contributed by atoms with Crippen LogP contribution in [0.25, 0.3) is 43.1 Å². The van der Waals surface area contributed by atoms with E-state index in [1.165, 1.54) is 63.8 Å². The van der Waals surface area contributed by atoms with Crippen molar-refractivity contribution in [2.45, 2.75) is 0 Å². The van der Waals surface area contributed by atoms with Crippen molar-refractivity contribution in [3.8, 4) is 0 Å². The lowest BCUT2D eigenvalue weighted by molar-refractivity contribution is 1.71. The largest absolute Gasteiger partial charge is 0.179 e. The summed E-state index contributed by atoms with van der Waals surface area (Å²) in [5.74, 6) is 0. The van der Waals surface area contributed by atoms with Crippen LogP contribution in [0, 0.1) is 0 Å². The fourth-order valence-electron chi connectivity index (χ4n) is 6.69. The molecule has 0 aromatic heterocycles. The van der Waals surface area contributed by atoms with Crippen molar-refractivity contribution in [1.29, 1.82) is 0 Å². The zero-order valence-electron chi connectivity index (χ0n) is 22.7. The van der Waals surface area contributed by atoms with E-state index in [-0.39, 0.29) is 0 Å². The molecule has 8 rings (SSSR count). The lowest BCUT2D eigenvalue weighted by atomic mass is 10.1. The van der Waals surface area contributed by atoms with Crippen LogP contribution >= 0.6 is 0 Å². The molecular formula is C40H28Si. The molecule has 8 aromatic carbocycles. The molecule has 0 saturated carbocycles. The Balaban J connectivity index is 1.55. The third kappa shape index (κ3) is 3.89. The van der Waals surface area contributed by atoms with Crippen LogP contribution in [-0.2, 0) is 0 Å². The topological polar surface area (TPSA) is 0 Å². The van der Waals surface area contributed by atoms with Crippen molar-refractivity contribution in [3.05, 3.63) is 170 Å². The Bertz CT molecular complexity index is 1900. The second kappa shape index (κ2) is 9.59. The maximum absolute atomic E-state index is 2.77. The van der Waals surface area contributed by atoms with Gasteiger partial charge in [0.05, 0.1) is 0 Å². The Morgan fingerprint density at radius 1 is 0.220 bits per heavy atom. The van der Waals surface area contributed by atoms with Gasteiger partial charge in [0, 0.05) is 0 Å². The first-order valence-electron chi connectivity index (χ1n) is 14.3. The fourth-order valence-corrected chi connectivity index (χ4v) is 11.5. The predicted molar refractivity (Wildman–Crippen MR) is 180 cm³/mol. The average molecular weight is 537 g/mol. The second-order valence-corrected chi connectivity index (χ2v) is 14.8. The molecule has 0 amide bonds. The summed E-state index contributed by atoms with van der Waals surface area (Å²) in [5, 5.41) is 15.8. The smallest absolute Gasteiger partial charge is 0.0616 e. The minimum absolute atomic E-state index is 1.27. The van der Waals surface area contributed by atoms with Gasteiger partial charge >= 0.3 is 0 Å². The maximum atomic E-state index is 2.46. The Morgan fingerprint density at radius 2 is 0.439 bits per heavy atom. The van der Waals surface area contributed by atoms with Crippen molar-refractivity contribution in [3.63, 3.8) is 0 Å². The van der Waals surface area contributed by atoms with E-state index >= 15 is 0 Å². The molecule has 0 radical (unpaired) electrons. The van der Waals surface area contributed by atoms with Crippen LogP contribution in [0.15, 0.2) is 170 Å². The Labute approximate surface area is 241 Å². The summed E-state index contributed by atoms with van der Waals surface area (Å²) in [6, 6.07) is 63.6. The molecule has 0 aliphatic heterocycles. The lowest BCUT2D eigenvalue weighted by Gasteiger charge is -2.35. The monoisotopic (exact) mass is 536 g/mol. The van der Waals surface area contributed by atoms with Crippen LogP contribution in [0.4, 0.5) is 0 Å². The molecule has 192 valence electrons. The normalized spacial score (nSPS) is 11.9. The third-order valence-corrected chi connectivity index (χ3v) is 13.4. The Kier molecular flexibility index (Phi) is 5.58. The van der Waals surface area contributed by atoms with Crippen molar-refractivity contribution >= 4 is 71.9 Å². The number of rotatable bonds is 4. The number of fused-ring (bicyclic) bond motifs is 4. The minimum atomic E-state index is -2.77. The molecule has 41 heavy (non-hydrogen) atoms. The lowest BCUT2D eigenvalue weighted by Crippen LogP contribution is -2.74. The summed E-state index contributed by atoms with van der Waals surface area (Å²) in [6.07, 6.45) is 0. The van der Waals surface area contributed by atoms with Crippen LogP contribution < -0.4 is 20.7 Å². The van der Waals surface area contributed by atoms with Crippen LogP contribution in [0.1, 0.15) is 0 Å². The summed E-state index contributed by atoms with van der Waals surface area (Å²) in [6.45, 7) is 0. The van der Waals surface area contributed by atoms with Crippen LogP contribution in [0.5, 0.6) is 0 Å². The number of hydrogen-bond donors (Lipinski definition) is 0. The van der Waals surface area contributed by atoms with E-state index < -0.39 is 8.07 Å². The molecule has 0 bridgehead atoms. The summed E-state index contributed by atoms with van der Waals surface area (Å²) in [5.41, 5.74) is 0. The van der Waals surface area contributed by atoms with Crippen molar-refractivity contribution < 1.29 is 0 Å². The van der Waals surface area contributed by atoms with E-state index in [9.17, 15) is 0 Å². The molecule has 8 aromatic rings. The first-order chi connectivity index (χ1) is 20.3. The molecular weight excluding hydrogens is 509 g/mol. The molecule has 0 N–H and O–H groups in total. The maximum Gasteiger partial charge on any atom is 0.179 e. The molecule has 0 atom stereocenters. The van der Waals surface area contributed by atoms with E-state index in [0.717, 1.165) is 0 Å². The zero-order valence-corrected chi connectivity index (χ0v) is 23.7. The molecule has 1 heteroatoms. The Hall–Kier alpha value is -4.98. The van der Waals surface area contributed by atoms with Gasteiger partial charge in [0.15, 0.2) is 8.07 Å². The molecule has 0 aliphatic rings. The second-order valence-electron chi connectivity index (χ2n) is 11.0. The summed E-state index contributed by atoms with van der Waals surface area (Å²) >= 11 is 0. The van der Waals surface area contributed by atoms with E-state index in [1.54, 1.807) is 0 Å². The zero-order chi connectivity index (χ0) is 27.2. The van der Waals surface area contributed by atoms with E-state index in [1.807, 2.05) is 0 Å². The molecule has 0 unspecified atom stereocenters. The van der Waals surface area contributed by atoms with Crippen LogP contribution in [0.3, 0.4) is 0 Å². The number of benzene rings is 8. The van der Waals surface area contributed by atoms with Crippen LogP contribution in [0.2, 0.25) is 0 Å². The highest BCUT2D eigenvalue weighted by Crippen LogP contribution is 2.22. The van der Waals surface area contributed by atoms with Crippen LogP contribution in [-0.4, -0.2) is 8.07 Å². The van der Waals surface area contributed by atoms with Gasteiger partial charge in [-0.1, -0.05) is 170 Å². The van der Waals surface area contributed by atoms with Crippen molar-refractivity contribution in [2.75, 3.05) is 0 Å². The van der Waals surface area contributed by atoms with E-state index in [2.05, 4.69) is 170 Å². The van der Waals surface area contributed by atoms with Gasteiger partial charge in [0.1, 0.15) is 0 Å². The summed E-state index contributed by atoms with van der Waals surface area (Å²) < 4.78 is 0. The molecule has 0 heterocycles. The standard InChI is InChI=1S/C40H28Si/c1-5-13-33-25-37(21-17-29(33)9-1)41(38-22-18-30-10-2-6-14-34(30)26-38,39-23-19-31-11-3-7-15-35(31)27-39)40-24-20-32-12-4-8-16-36(32)28-40/h1-28H. The van der Waals surface area contributed by atoms with E-state index in [4.69, 9.17) is 0 Å². The SMILES string of the molecule is c1ccc2cc([Si](c3ccc4ccccc4c3)(c3ccc4ccccc4c3)c3ccc4ccccc4c3)ccc2c1. The quantitative estimate of drug-likeness (QED) is 0.160. The predicted octanol–water partition coefficient (Wildman–Crippen LogP) is 7.68. The minimum Gasteiger partial charge on any atom is -0.0616 e. The van der Waals surface area contributed by atoms with Gasteiger partial charge in [0.25, 0.3) is 0 Å². The van der Waals surface area contributed by atoms with E-state index in [0.29, 0.717) is 0 Å².